The van der Waals surface area contributed by atoms with Crippen molar-refractivity contribution >= 4 is 34.8 Å². The second-order valence-corrected chi connectivity index (χ2v) is 4.80. The van der Waals surface area contributed by atoms with Crippen LogP contribution < -0.4 is 5.32 Å². The van der Waals surface area contributed by atoms with Gasteiger partial charge in [-0.25, -0.2) is 0 Å². The summed E-state index contributed by atoms with van der Waals surface area (Å²) < 4.78 is 0. The maximum atomic E-state index is 11.8. The van der Waals surface area contributed by atoms with E-state index in [4.69, 9.17) is 23.2 Å². The number of hydrogen-bond acceptors (Lipinski definition) is 2. The van der Waals surface area contributed by atoms with Crippen molar-refractivity contribution in [2.75, 3.05) is 5.32 Å². The monoisotopic (exact) mass is 294 g/mol. The Bertz CT molecular complexity index is 553. The largest absolute Gasteiger partial charge is 0.325 e. The van der Waals surface area contributed by atoms with Gasteiger partial charge in [0.15, 0.2) is 0 Å². The molecule has 1 aromatic carbocycles. The van der Waals surface area contributed by atoms with Crippen LogP contribution in [0.1, 0.15) is 12.0 Å². The van der Waals surface area contributed by atoms with E-state index in [-0.39, 0.29) is 5.91 Å². The molecule has 0 fully saturated rings. The van der Waals surface area contributed by atoms with Crippen molar-refractivity contribution in [2.45, 2.75) is 12.8 Å². The van der Waals surface area contributed by atoms with Gasteiger partial charge in [0.2, 0.25) is 5.91 Å². The molecular formula is C14H12Cl2N2O. The summed E-state index contributed by atoms with van der Waals surface area (Å²) in [7, 11) is 0. The lowest BCUT2D eigenvalue weighted by atomic mass is 10.1. The molecule has 0 radical (unpaired) electrons. The highest BCUT2D eigenvalue weighted by Crippen LogP contribution is 2.25. The normalized spacial score (nSPS) is 10.2. The molecule has 0 unspecified atom stereocenters. The van der Waals surface area contributed by atoms with E-state index in [1.54, 1.807) is 42.7 Å². The van der Waals surface area contributed by atoms with Crippen LogP contribution in [0.15, 0.2) is 42.7 Å². The molecule has 0 bridgehead atoms. The Morgan fingerprint density at radius 1 is 1.16 bits per heavy atom. The molecule has 0 aliphatic rings. The van der Waals surface area contributed by atoms with Gasteiger partial charge >= 0.3 is 0 Å². The highest BCUT2D eigenvalue weighted by atomic mass is 35.5. The van der Waals surface area contributed by atoms with E-state index < -0.39 is 0 Å². The van der Waals surface area contributed by atoms with Gasteiger partial charge in [0.1, 0.15) is 0 Å². The predicted molar refractivity (Wildman–Crippen MR) is 77.6 cm³/mol. The van der Waals surface area contributed by atoms with Crippen molar-refractivity contribution < 1.29 is 4.79 Å². The van der Waals surface area contributed by atoms with Gasteiger partial charge in [0, 0.05) is 22.7 Å². The van der Waals surface area contributed by atoms with Crippen molar-refractivity contribution in [1.29, 1.82) is 0 Å². The van der Waals surface area contributed by atoms with Crippen LogP contribution in [0, 0.1) is 0 Å². The van der Waals surface area contributed by atoms with E-state index in [1.807, 2.05) is 0 Å². The minimum absolute atomic E-state index is 0.0935. The molecule has 5 heteroatoms. The molecule has 0 saturated heterocycles. The van der Waals surface area contributed by atoms with Gasteiger partial charge < -0.3 is 5.32 Å². The van der Waals surface area contributed by atoms with E-state index in [1.165, 1.54) is 0 Å². The molecule has 0 spiro atoms. The molecule has 3 nitrogen and oxygen atoms in total. The van der Waals surface area contributed by atoms with Gasteiger partial charge in [0.05, 0.1) is 11.9 Å². The first-order chi connectivity index (χ1) is 9.16. The van der Waals surface area contributed by atoms with E-state index in [9.17, 15) is 4.79 Å². The Hall–Kier alpha value is -1.58. The fourth-order valence-electron chi connectivity index (χ4n) is 1.67. The molecule has 0 atom stereocenters. The SMILES string of the molecule is O=C(CCc1c(Cl)cccc1Cl)Nc1cccnc1. The minimum Gasteiger partial charge on any atom is -0.325 e. The lowest BCUT2D eigenvalue weighted by molar-refractivity contribution is -0.116. The summed E-state index contributed by atoms with van der Waals surface area (Å²) in [5, 5.41) is 3.93. The van der Waals surface area contributed by atoms with Crippen LogP contribution in [-0.4, -0.2) is 10.9 Å². The fourth-order valence-corrected chi connectivity index (χ4v) is 2.26. The number of rotatable bonds is 4. The summed E-state index contributed by atoms with van der Waals surface area (Å²) in [5.41, 5.74) is 1.48. The average Bonchev–Trinajstić information content (AvgIpc) is 2.39. The van der Waals surface area contributed by atoms with Gasteiger partial charge in [-0.1, -0.05) is 29.3 Å². The first-order valence-electron chi connectivity index (χ1n) is 5.79. The van der Waals surface area contributed by atoms with Crippen LogP contribution in [0.3, 0.4) is 0 Å². The highest BCUT2D eigenvalue weighted by molar-refractivity contribution is 6.36. The van der Waals surface area contributed by atoms with Gasteiger partial charge in [0.25, 0.3) is 0 Å². The van der Waals surface area contributed by atoms with Crippen LogP contribution in [0.4, 0.5) is 5.69 Å². The summed E-state index contributed by atoms with van der Waals surface area (Å²) >= 11 is 12.1. The standard InChI is InChI=1S/C14H12Cl2N2O/c15-12-4-1-5-13(16)11(12)6-7-14(19)18-10-3-2-8-17-9-10/h1-5,8-9H,6-7H2,(H,18,19). The predicted octanol–water partition coefficient (Wildman–Crippen LogP) is 3.96. The number of benzene rings is 1. The zero-order chi connectivity index (χ0) is 13.7. The molecule has 1 aromatic heterocycles. The third kappa shape index (κ3) is 3.94. The van der Waals surface area contributed by atoms with E-state index in [0.29, 0.717) is 28.6 Å². The lowest BCUT2D eigenvalue weighted by Crippen LogP contribution is -2.12. The maximum absolute atomic E-state index is 11.8. The Morgan fingerprint density at radius 2 is 1.89 bits per heavy atom. The van der Waals surface area contributed by atoms with Gasteiger partial charge in [-0.3, -0.25) is 9.78 Å². The molecule has 0 aliphatic heterocycles. The third-order valence-corrected chi connectivity index (χ3v) is 3.32. The van der Waals surface area contributed by atoms with Crippen molar-refractivity contribution in [3.05, 3.63) is 58.3 Å². The molecule has 1 N–H and O–H groups in total. The smallest absolute Gasteiger partial charge is 0.224 e. The van der Waals surface area contributed by atoms with E-state index in [2.05, 4.69) is 10.3 Å². The van der Waals surface area contributed by atoms with Crippen molar-refractivity contribution in [2.24, 2.45) is 0 Å². The molecule has 0 aliphatic carbocycles. The highest BCUT2D eigenvalue weighted by Gasteiger charge is 2.08. The van der Waals surface area contributed by atoms with Gasteiger partial charge in [-0.2, -0.15) is 0 Å². The number of carbonyl (C=O) groups excluding carboxylic acids is 1. The topological polar surface area (TPSA) is 42.0 Å². The molecule has 1 heterocycles. The maximum Gasteiger partial charge on any atom is 0.224 e. The van der Waals surface area contributed by atoms with Crippen LogP contribution >= 0.6 is 23.2 Å². The fraction of sp³-hybridized carbons (Fsp3) is 0.143. The number of aromatic nitrogens is 1. The molecule has 2 rings (SSSR count). The number of hydrogen-bond donors (Lipinski definition) is 1. The molecule has 0 saturated carbocycles. The van der Waals surface area contributed by atoms with Crippen LogP contribution in [0.2, 0.25) is 10.0 Å². The quantitative estimate of drug-likeness (QED) is 0.927. The number of anilines is 1. The Balaban J connectivity index is 1.94. The van der Waals surface area contributed by atoms with Crippen molar-refractivity contribution in [3.8, 4) is 0 Å². The first kappa shape index (κ1) is 13.8. The average molecular weight is 295 g/mol. The summed E-state index contributed by atoms with van der Waals surface area (Å²) in [6.45, 7) is 0. The Morgan fingerprint density at radius 3 is 2.53 bits per heavy atom. The molecule has 1 amide bonds. The zero-order valence-electron chi connectivity index (χ0n) is 10.1. The number of nitrogens with one attached hydrogen (secondary N) is 1. The van der Waals surface area contributed by atoms with E-state index >= 15 is 0 Å². The van der Waals surface area contributed by atoms with Crippen molar-refractivity contribution in [3.63, 3.8) is 0 Å². The van der Waals surface area contributed by atoms with Gasteiger partial charge in [-0.05, 0) is 36.2 Å². The number of carbonyl (C=O) groups is 1. The number of amides is 1. The summed E-state index contributed by atoms with van der Waals surface area (Å²) in [6, 6.07) is 8.86. The minimum atomic E-state index is -0.0935. The molecule has 19 heavy (non-hydrogen) atoms. The third-order valence-electron chi connectivity index (χ3n) is 2.61. The Labute approximate surface area is 121 Å². The van der Waals surface area contributed by atoms with E-state index in [0.717, 1.165) is 5.56 Å². The summed E-state index contributed by atoms with van der Waals surface area (Å²) in [4.78, 5) is 15.7. The van der Waals surface area contributed by atoms with Crippen LogP contribution in [0.25, 0.3) is 0 Å². The molecule has 2 aromatic rings. The summed E-state index contributed by atoms with van der Waals surface area (Å²) in [6.07, 6.45) is 4.07. The number of pyridine rings is 1. The molecule has 98 valence electrons. The molecular weight excluding hydrogens is 283 g/mol. The zero-order valence-corrected chi connectivity index (χ0v) is 11.6. The second kappa shape index (κ2) is 6.55. The van der Waals surface area contributed by atoms with Crippen molar-refractivity contribution in [1.82, 2.24) is 4.98 Å². The summed E-state index contributed by atoms with van der Waals surface area (Å²) in [5.74, 6) is -0.0935. The number of nitrogens with zero attached hydrogens (tertiary/aromatic N) is 1. The van der Waals surface area contributed by atoms with Crippen LogP contribution in [0.5, 0.6) is 0 Å². The second-order valence-electron chi connectivity index (χ2n) is 3.99. The Kier molecular flexibility index (Phi) is 4.77. The van der Waals surface area contributed by atoms with Gasteiger partial charge in [-0.15, -0.1) is 0 Å². The first-order valence-corrected chi connectivity index (χ1v) is 6.55. The van der Waals surface area contributed by atoms with Crippen LogP contribution in [-0.2, 0) is 11.2 Å². The number of halogens is 2. The lowest BCUT2D eigenvalue weighted by Gasteiger charge is -2.07.